The fourth-order valence-corrected chi connectivity index (χ4v) is 5.16. The maximum Gasteiger partial charge on any atom is 0.323 e. The summed E-state index contributed by atoms with van der Waals surface area (Å²) in [6, 6.07) is 24.2. The van der Waals surface area contributed by atoms with Crippen LogP contribution in [0.2, 0.25) is 0 Å². The summed E-state index contributed by atoms with van der Waals surface area (Å²) in [6.07, 6.45) is 0. The molecule has 0 aliphatic heterocycles. The minimum atomic E-state index is -3.81. The van der Waals surface area contributed by atoms with Gasteiger partial charge in [0.15, 0.2) is 11.6 Å². The number of anilines is 5. The Bertz CT molecular complexity index is 1760. The van der Waals surface area contributed by atoms with Gasteiger partial charge in [0.05, 0.1) is 22.8 Å². The third kappa shape index (κ3) is 9.00. The lowest BCUT2D eigenvalue weighted by molar-refractivity contribution is 0.100. The van der Waals surface area contributed by atoms with E-state index >= 15 is 0 Å². The predicted octanol–water partition coefficient (Wildman–Crippen LogP) is 6.32. The third-order valence-electron chi connectivity index (χ3n) is 6.09. The summed E-state index contributed by atoms with van der Waals surface area (Å²) < 4.78 is 28.1. The Kier molecular flexibility index (Phi) is 9.53. The SMILES string of the molecule is CC(=O)c1ccc(NC(=O)Nc2ccc(NS(=O)(=O)Cc3ccccc3)cc2NC(=O)Nc2ccc(C(C)=O)cc2)cc1. The zero-order valence-electron chi connectivity index (χ0n) is 23.3. The number of Topliss-reactive ketones (excluding diaryl/α,β-unsaturated/α-hetero) is 2. The quantitative estimate of drug-likeness (QED) is 0.134. The van der Waals surface area contributed by atoms with Crippen LogP contribution in [-0.2, 0) is 15.8 Å². The van der Waals surface area contributed by atoms with E-state index in [1.807, 2.05) is 0 Å². The van der Waals surface area contributed by atoms with Gasteiger partial charge in [-0.2, -0.15) is 0 Å². The van der Waals surface area contributed by atoms with E-state index in [9.17, 15) is 27.6 Å². The van der Waals surface area contributed by atoms with Crippen molar-refractivity contribution in [2.75, 3.05) is 26.0 Å². The van der Waals surface area contributed by atoms with Crippen LogP contribution in [-0.4, -0.2) is 32.0 Å². The van der Waals surface area contributed by atoms with E-state index in [0.717, 1.165) is 0 Å². The molecule has 0 aliphatic carbocycles. The van der Waals surface area contributed by atoms with Gasteiger partial charge in [-0.1, -0.05) is 30.3 Å². The first-order chi connectivity index (χ1) is 20.5. The maximum atomic E-state index is 12.9. The highest BCUT2D eigenvalue weighted by molar-refractivity contribution is 7.91. The lowest BCUT2D eigenvalue weighted by atomic mass is 10.1. The lowest BCUT2D eigenvalue weighted by Crippen LogP contribution is -2.23. The molecule has 0 radical (unpaired) electrons. The standard InChI is InChI=1S/C31H29N5O6S/c1-20(37)23-8-12-25(13-9-23)32-30(39)34-28-17-16-27(36-43(41,42)19-22-6-4-3-5-7-22)18-29(28)35-31(40)33-26-14-10-24(11-15-26)21(2)38/h3-18,36H,19H2,1-2H3,(H2,32,34,39)(H2,33,35,40). The minimum Gasteiger partial charge on any atom is -0.308 e. The summed E-state index contributed by atoms with van der Waals surface area (Å²) in [4.78, 5) is 48.7. The van der Waals surface area contributed by atoms with Gasteiger partial charge in [-0.05, 0) is 86.1 Å². The number of urea groups is 2. The molecular weight excluding hydrogens is 570 g/mol. The highest BCUT2D eigenvalue weighted by atomic mass is 32.2. The van der Waals surface area contributed by atoms with Crippen LogP contribution in [0, 0.1) is 0 Å². The summed E-state index contributed by atoms with van der Waals surface area (Å²) in [5.41, 5.74) is 2.82. The van der Waals surface area contributed by atoms with Gasteiger partial charge in [-0.15, -0.1) is 0 Å². The molecule has 0 atom stereocenters. The highest BCUT2D eigenvalue weighted by Gasteiger charge is 2.16. The number of benzene rings is 4. The lowest BCUT2D eigenvalue weighted by Gasteiger charge is -2.16. The zero-order chi connectivity index (χ0) is 31.0. The molecule has 4 amide bonds. The van der Waals surface area contributed by atoms with Crippen molar-refractivity contribution in [1.29, 1.82) is 0 Å². The largest absolute Gasteiger partial charge is 0.323 e. The van der Waals surface area contributed by atoms with E-state index in [1.54, 1.807) is 78.9 Å². The number of ketones is 2. The van der Waals surface area contributed by atoms with Crippen LogP contribution in [0.5, 0.6) is 0 Å². The van der Waals surface area contributed by atoms with Crippen molar-refractivity contribution in [3.8, 4) is 0 Å². The molecule has 0 aromatic heterocycles. The molecule has 0 bridgehead atoms. The summed E-state index contributed by atoms with van der Waals surface area (Å²) >= 11 is 0. The van der Waals surface area contributed by atoms with Crippen LogP contribution in [0.15, 0.2) is 97.1 Å². The summed E-state index contributed by atoms with van der Waals surface area (Å²) in [7, 11) is -3.81. The van der Waals surface area contributed by atoms with Crippen LogP contribution >= 0.6 is 0 Å². The Labute approximate surface area is 248 Å². The smallest absolute Gasteiger partial charge is 0.308 e. The Morgan fingerprint density at radius 3 is 1.51 bits per heavy atom. The van der Waals surface area contributed by atoms with Crippen molar-refractivity contribution in [3.63, 3.8) is 0 Å². The number of sulfonamides is 1. The molecule has 5 N–H and O–H groups in total. The second-order valence-electron chi connectivity index (χ2n) is 9.53. The van der Waals surface area contributed by atoms with Crippen molar-refractivity contribution in [3.05, 3.63) is 114 Å². The topological polar surface area (TPSA) is 163 Å². The number of rotatable bonds is 10. The van der Waals surface area contributed by atoms with Crippen molar-refractivity contribution in [1.82, 2.24) is 0 Å². The van der Waals surface area contributed by atoms with Crippen LogP contribution < -0.4 is 26.0 Å². The van der Waals surface area contributed by atoms with Gasteiger partial charge in [-0.3, -0.25) is 14.3 Å². The Hall–Kier alpha value is -5.49. The second-order valence-corrected chi connectivity index (χ2v) is 11.3. The van der Waals surface area contributed by atoms with E-state index in [1.165, 1.54) is 32.0 Å². The molecule has 0 saturated carbocycles. The first-order valence-corrected chi connectivity index (χ1v) is 14.7. The summed E-state index contributed by atoms with van der Waals surface area (Å²) in [5.74, 6) is -0.497. The molecule has 4 aromatic rings. The maximum absolute atomic E-state index is 12.9. The van der Waals surface area contributed by atoms with Gasteiger partial charge in [0.1, 0.15) is 0 Å². The van der Waals surface area contributed by atoms with Gasteiger partial charge in [0.2, 0.25) is 10.0 Å². The molecule has 43 heavy (non-hydrogen) atoms. The van der Waals surface area contributed by atoms with Gasteiger partial charge < -0.3 is 21.3 Å². The Morgan fingerprint density at radius 1 is 0.558 bits per heavy atom. The molecular formula is C31H29N5O6S. The molecule has 220 valence electrons. The highest BCUT2D eigenvalue weighted by Crippen LogP contribution is 2.28. The van der Waals surface area contributed by atoms with Crippen LogP contribution in [0.1, 0.15) is 40.1 Å². The zero-order valence-corrected chi connectivity index (χ0v) is 24.1. The van der Waals surface area contributed by atoms with Crippen molar-refractivity contribution >= 4 is 62.1 Å². The third-order valence-corrected chi connectivity index (χ3v) is 7.35. The molecule has 4 aromatic carbocycles. The van der Waals surface area contributed by atoms with E-state index in [0.29, 0.717) is 28.1 Å². The Morgan fingerprint density at radius 2 is 1.02 bits per heavy atom. The average Bonchev–Trinajstić information content (AvgIpc) is 2.95. The molecule has 0 unspecified atom stereocenters. The van der Waals surface area contributed by atoms with Crippen LogP contribution in [0.3, 0.4) is 0 Å². The van der Waals surface area contributed by atoms with E-state index < -0.39 is 22.1 Å². The van der Waals surface area contributed by atoms with E-state index in [2.05, 4.69) is 26.0 Å². The monoisotopic (exact) mass is 599 g/mol. The molecule has 0 saturated heterocycles. The van der Waals surface area contributed by atoms with Gasteiger partial charge in [-0.25, -0.2) is 18.0 Å². The molecule has 0 fully saturated rings. The molecule has 0 heterocycles. The minimum absolute atomic E-state index is 0.0971. The number of carbonyl (C=O) groups is 4. The average molecular weight is 600 g/mol. The molecule has 0 spiro atoms. The fourth-order valence-electron chi connectivity index (χ4n) is 3.98. The summed E-state index contributed by atoms with van der Waals surface area (Å²) in [5, 5.41) is 10.5. The summed E-state index contributed by atoms with van der Waals surface area (Å²) in [6.45, 7) is 2.87. The number of carbonyl (C=O) groups excluding carboxylic acids is 4. The van der Waals surface area contributed by atoms with Gasteiger partial charge >= 0.3 is 12.1 Å². The second kappa shape index (κ2) is 13.4. The van der Waals surface area contributed by atoms with Crippen molar-refractivity contribution in [2.24, 2.45) is 0 Å². The molecule has 4 rings (SSSR count). The van der Waals surface area contributed by atoms with E-state index in [-0.39, 0.29) is 34.4 Å². The molecule has 0 aliphatic rings. The predicted molar refractivity (Wildman–Crippen MR) is 167 cm³/mol. The van der Waals surface area contributed by atoms with Crippen molar-refractivity contribution in [2.45, 2.75) is 19.6 Å². The van der Waals surface area contributed by atoms with Gasteiger partial charge in [0.25, 0.3) is 0 Å². The number of hydrogen-bond acceptors (Lipinski definition) is 6. The Balaban J connectivity index is 1.53. The van der Waals surface area contributed by atoms with E-state index in [4.69, 9.17) is 0 Å². The molecule has 11 nitrogen and oxygen atoms in total. The number of nitrogens with one attached hydrogen (secondary N) is 5. The fraction of sp³-hybridized carbons (Fsp3) is 0.0968. The molecule has 12 heteroatoms. The van der Waals surface area contributed by atoms with Crippen LogP contribution in [0.25, 0.3) is 0 Å². The number of amides is 4. The van der Waals surface area contributed by atoms with Crippen LogP contribution in [0.4, 0.5) is 38.0 Å². The first kappa shape index (κ1) is 30.5. The van der Waals surface area contributed by atoms with Crippen molar-refractivity contribution < 1.29 is 27.6 Å². The normalized spacial score (nSPS) is 10.7. The first-order valence-electron chi connectivity index (χ1n) is 13.0. The number of hydrogen-bond donors (Lipinski definition) is 5. The van der Waals surface area contributed by atoms with Gasteiger partial charge in [0, 0.05) is 22.5 Å².